The third-order valence-corrected chi connectivity index (χ3v) is 6.02. The monoisotopic (exact) mass is 440 g/mol. The van der Waals surface area contributed by atoms with E-state index in [2.05, 4.69) is 6.07 Å². The summed E-state index contributed by atoms with van der Waals surface area (Å²) < 4.78 is 12.4. The number of furan rings is 1. The lowest BCUT2D eigenvalue weighted by molar-refractivity contribution is 0.0983. The van der Waals surface area contributed by atoms with Gasteiger partial charge in [0.1, 0.15) is 17.3 Å². The molecule has 0 N–H and O–H groups in total. The summed E-state index contributed by atoms with van der Waals surface area (Å²) in [6.45, 7) is 2.34. The van der Waals surface area contributed by atoms with Crippen molar-refractivity contribution in [1.29, 1.82) is 0 Å². The zero-order valence-corrected chi connectivity index (χ0v) is 18.2. The highest BCUT2D eigenvalue weighted by molar-refractivity contribution is 7.22. The van der Waals surface area contributed by atoms with Crippen LogP contribution in [-0.4, -0.2) is 10.9 Å². The van der Waals surface area contributed by atoms with Gasteiger partial charge >= 0.3 is 0 Å². The fourth-order valence-corrected chi connectivity index (χ4v) is 4.43. The van der Waals surface area contributed by atoms with Crippen LogP contribution in [0.1, 0.15) is 21.7 Å². The van der Waals surface area contributed by atoms with Crippen LogP contribution in [0.15, 0.2) is 95.6 Å². The van der Waals surface area contributed by atoms with Crippen LogP contribution in [0.25, 0.3) is 10.2 Å². The zero-order valence-electron chi connectivity index (χ0n) is 17.4. The van der Waals surface area contributed by atoms with Crippen molar-refractivity contribution >= 4 is 32.6 Å². The number of hydrogen-bond donors (Lipinski definition) is 0. The quantitative estimate of drug-likeness (QED) is 0.290. The summed E-state index contributed by atoms with van der Waals surface area (Å²) >= 11 is 1.50. The summed E-state index contributed by atoms with van der Waals surface area (Å²) in [6, 6.07) is 26.4. The predicted molar refractivity (Wildman–Crippen MR) is 127 cm³/mol. The maximum atomic E-state index is 13.5. The highest BCUT2D eigenvalue weighted by Gasteiger charge is 2.23. The lowest BCUT2D eigenvalue weighted by Crippen LogP contribution is -2.30. The lowest BCUT2D eigenvalue weighted by Gasteiger charge is -2.19. The highest BCUT2D eigenvalue weighted by Crippen LogP contribution is 2.32. The molecular formula is C26H20N2O3S. The van der Waals surface area contributed by atoms with Gasteiger partial charge in [0.25, 0.3) is 5.91 Å². The Balaban J connectivity index is 1.44. The number of rotatable bonds is 6. The van der Waals surface area contributed by atoms with Crippen LogP contribution in [0.5, 0.6) is 11.5 Å². The van der Waals surface area contributed by atoms with Crippen LogP contribution in [0.2, 0.25) is 0 Å². The number of hydrogen-bond acceptors (Lipinski definition) is 5. The summed E-state index contributed by atoms with van der Waals surface area (Å²) in [4.78, 5) is 19.9. The maximum absolute atomic E-state index is 13.5. The summed E-state index contributed by atoms with van der Waals surface area (Å²) in [6.07, 6.45) is 1.61. The number of anilines is 1. The van der Waals surface area contributed by atoms with Crippen molar-refractivity contribution in [2.75, 3.05) is 4.90 Å². The van der Waals surface area contributed by atoms with E-state index >= 15 is 0 Å². The molecule has 0 saturated heterocycles. The Kier molecular flexibility index (Phi) is 5.44. The van der Waals surface area contributed by atoms with Gasteiger partial charge in [-0.25, -0.2) is 4.98 Å². The van der Waals surface area contributed by atoms with Crippen molar-refractivity contribution in [2.24, 2.45) is 0 Å². The van der Waals surface area contributed by atoms with E-state index in [-0.39, 0.29) is 5.91 Å². The second-order valence-electron chi connectivity index (χ2n) is 7.38. The van der Waals surface area contributed by atoms with Crippen molar-refractivity contribution in [3.8, 4) is 11.5 Å². The van der Waals surface area contributed by atoms with Gasteiger partial charge < -0.3 is 9.15 Å². The van der Waals surface area contributed by atoms with Crippen molar-refractivity contribution in [3.05, 3.63) is 108 Å². The van der Waals surface area contributed by atoms with E-state index < -0.39 is 0 Å². The highest BCUT2D eigenvalue weighted by atomic mass is 32.1. The smallest absolute Gasteiger partial charge is 0.260 e. The first-order chi connectivity index (χ1) is 15.7. The average Bonchev–Trinajstić information content (AvgIpc) is 3.47. The third kappa shape index (κ3) is 4.26. The molecule has 5 nitrogen and oxygen atoms in total. The number of amides is 1. The standard InChI is InChI=1S/C26H20N2O3S/c1-18-9-14-23-24(16-18)32-26(27-23)28(17-22-8-5-15-30-22)25(29)19-10-12-21(13-11-19)31-20-6-3-2-4-7-20/h2-16H,17H2,1H3. The molecule has 0 saturated carbocycles. The van der Waals surface area contributed by atoms with Crippen LogP contribution >= 0.6 is 11.3 Å². The summed E-state index contributed by atoms with van der Waals surface area (Å²) in [5, 5.41) is 0.636. The van der Waals surface area contributed by atoms with Crippen LogP contribution in [0, 0.1) is 6.92 Å². The molecule has 1 amide bonds. The minimum absolute atomic E-state index is 0.150. The molecule has 0 fully saturated rings. The van der Waals surface area contributed by atoms with E-state index in [1.807, 2.05) is 61.5 Å². The molecule has 0 spiro atoms. The van der Waals surface area contributed by atoms with Gasteiger partial charge in [0.05, 0.1) is 23.0 Å². The molecule has 0 atom stereocenters. The molecule has 5 aromatic rings. The largest absolute Gasteiger partial charge is 0.467 e. The number of thiazole rings is 1. The number of carbonyl (C=O) groups is 1. The second kappa shape index (κ2) is 8.69. The number of benzene rings is 3. The molecule has 0 aliphatic rings. The molecule has 2 heterocycles. The number of nitrogens with zero attached hydrogens (tertiary/aromatic N) is 2. The zero-order chi connectivity index (χ0) is 21.9. The Morgan fingerprint density at radius 2 is 1.75 bits per heavy atom. The van der Waals surface area contributed by atoms with Gasteiger partial charge in [0, 0.05) is 5.56 Å². The van der Waals surface area contributed by atoms with Crippen molar-refractivity contribution in [2.45, 2.75) is 13.5 Å². The average molecular weight is 441 g/mol. The fourth-order valence-electron chi connectivity index (χ4n) is 3.37. The SMILES string of the molecule is Cc1ccc2nc(N(Cc3ccco3)C(=O)c3ccc(Oc4ccccc4)cc3)sc2c1. The summed E-state index contributed by atoms with van der Waals surface area (Å²) in [7, 11) is 0. The van der Waals surface area contributed by atoms with E-state index in [1.165, 1.54) is 11.3 Å². The minimum atomic E-state index is -0.150. The molecule has 0 bridgehead atoms. The van der Waals surface area contributed by atoms with Crippen LogP contribution in [0.4, 0.5) is 5.13 Å². The maximum Gasteiger partial charge on any atom is 0.260 e. The topological polar surface area (TPSA) is 55.6 Å². The first-order valence-corrected chi connectivity index (χ1v) is 11.0. The second-order valence-corrected chi connectivity index (χ2v) is 8.39. The van der Waals surface area contributed by atoms with Crippen LogP contribution < -0.4 is 9.64 Å². The van der Waals surface area contributed by atoms with Crippen molar-refractivity contribution in [1.82, 2.24) is 4.98 Å². The normalized spacial score (nSPS) is 10.9. The lowest BCUT2D eigenvalue weighted by atomic mass is 10.2. The van der Waals surface area contributed by atoms with E-state index in [9.17, 15) is 4.79 Å². The molecule has 5 rings (SSSR count). The minimum Gasteiger partial charge on any atom is -0.467 e. The number of carbonyl (C=O) groups excluding carboxylic acids is 1. The molecule has 158 valence electrons. The number of aryl methyl sites for hydroxylation is 1. The fraction of sp³-hybridized carbons (Fsp3) is 0.0769. The summed E-state index contributed by atoms with van der Waals surface area (Å²) in [5.41, 5.74) is 2.58. The molecule has 0 aliphatic heterocycles. The summed E-state index contributed by atoms with van der Waals surface area (Å²) in [5.74, 6) is 1.96. The Bertz CT molecular complexity index is 1340. The number of aromatic nitrogens is 1. The Morgan fingerprint density at radius 1 is 0.969 bits per heavy atom. The third-order valence-electron chi connectivity index (χ3n) is 4.98. The van der Waals surface area contributed by atoms with E-state index in [0.29, 0.717) is 28.7 Å². The number of ether oxygens (including phenoxy) is 1. The van der Waals surface area contributed by atoms with Gasteiger partial charge in [-0.2, -0.15) is 0 Å². The van der Waals surface area contributed by atoms with Gasteiger partial charge in [-0.1, -0.05) is 35.6 Å². The number of fused-ring (bicyclic) bond motifs is 1. The molecule has 0 aliphatic carbocycles. The Morgan fingerprint density at radius 3 is 2.50 bits per heavy atom. The molecule has 3 aromatic carbocycles. The van der Waals surface area contributed by atoms with Gasteiger partial charge in [-0.15, -0.1) is 0 Å². The van der Waals surface area contributed by atoms with Crippen LogP contribution in [0.3, 0.4) is 0 Å². The molecule has 6 heteroatoms. The van der Waals surface area contributed by atoms with E-state index in [0.717, 1.165) is 21.5 Å². The van der Waals surface area contributed by atoms with Gasteiger partial charge in [0.15, 0.2) is 5.13 Å². The first-order valence-electron chi connectivity index (χ1n) is 10.2. The van der Waals surface area contributed by atoms with E-state index in [4.69, 9.17) is 14.1 Å². The molecular weight excluding hydrogens is 420 g/mol. The van der Waals surface area contributed by atoms with Gasteiger partial charge in [-0.3, -0.25) is 9.69 Å². The molecule has 32 heavy (non-hydrogen) atoms. The Hall–Kier alpha value is -3.90. The Labute approximate surface area is 189 Å². The predicted octanol–water partition coefficient (Wildman–Crippen LogP) is 6.84. The molecule has 2 aromatic heterocycles. The van der Waals surface area contributed by atoms with Crippen molar-refractivity contribution in [3.63, 3.8) is 0 Å². The number of para-hydroxylation sites is 1. The van der Waals surface area contributed by atoms with E-state index in [1.54, 1.807) is 35.4 Å². The first kappa shape index (κ1) is 20.0. The van der Waals surface area contributed by atoms with Crippen molar-refractivity contribution < 1.29 is 13.9 Å². The van der Waals surface area contributed by atoms with Gasteiger partial charge in [0.2, 0.25) is 0 Å². The van der Waals surface area contributed by atoms with Crippen LogP contribution in [-0.2, 0) is 6.54 Å². The van der Waals surface area contributed by atoms with Gasteiger partial charge in [-0.05, 0) is 73.2 Å². The molecule has 0 unspecified atom stereocenters. The molecule has 0 radical (unpaired) electrons.